The first kappa shape index (κ1) is 19.4. The predicted molar refractivity (Wildman–Crippen MR) is 94.0 cm³/mol. The summed E-state index contributed by atoms with van der Waals surface area (Å²) in [5.41, 5.74) is 0. The van der Waals surface area contributed by atoms with Gasteiger partial charge in [-0.05, 0) is 25.3 Å². The Morgan fingerprint density at radius 3 is 2.32 bits per heavy atom. The van der Waals surface area contributed by atoms with Gasteiger partial charge in [0, 0.05) is 32.1 Å². The van der Waals surface area contributed by atoms with Crippen molar-refractivity contribution in [3.05, 3.63) is 0 Å². The minimum Gasteiger partial charge on any atom is -0.351 e. The number of nitrogens with one attached hydrogen (secondary N) is 2. The van der Waals surface area contributed by atoms with E-state index >= 15 is 0 Å². The molecule has 1 heterocycles. The van der Waals surface area contributed by atoms with Gasteiger partial charge in [0.1, 0.15) is 0 Å². The van der Waals surface area contributed by atoms with Crippen LogP contribution in [-0.2, 0) is 4.79 Å². The zero-order valence-electron chi connectivity index (χ0n) is 15.2. The van der Waals surface area contributed by atoms with E-state index in [1.807, 2.05) is 0 Å². The lowest BCUT2D eigenvalue weighted by molar-refractivity contribution is -0.123. The molecule has 1 rings (SSSR count). The monoisotopic (exact) mass is 311 g/mol. The topological polar surface area (TPSA) is 44.4 Å². The van der Waals surface area contributed by atoms with Crippen LogP contribution >= 0.6 is 0 Å². The molecule has 0 saturated carbocycles. The Labute approximate surface area is 137 Å². The van der Waals surface area contributed by atoms with Crippen LogP contribution in [0.1, 0.15) is 66.2 Å². The third kappa shape index (κ3) is 9.42. The van der Waals surface area contributed by atoms with E-state index in [4.69, 9.17) is 0 Å². The summed E-state index contributed by atoms with van der Waals surface area (Å²) in [6.45, 7) is 13.2. The van der Waals surface area contributed by atoms with Crippen molar-refractivity contribution in [1.82, 2.24) is 15.5 Å². The fourth-order valence-corrected chi connectivity index (χ4v) is 2.96. The van der Waals surface area contributed by atoms with Crippen LogP contribution in [0.25, 0.3) is 0 Å². The molecule has 1 saturated heterocycles. The highest BCUT2D eigenvalue weighted by atomic mass is 16.1. The summed E-state index contributed by atoms with van der Waals surface area (Å²) >= 11 is 0. The van der Waals surface area contributed by atoms with Crippen LogP contribution in [0.2, 0.25) is 0 Å². The lowest BCUT2D eigenvalue weighted by Crippen LogP contribution is -2.59. The van der Waals surface area contributed by atoms with Gasteiger partial charge in [0.05, 0.1) is 6.04 Å². The third-order valence-electron chi connectivity index (χ3n) is 4.08. The second-order valence-corrected chi connectivity index (χ2v) is 7.50. The van der Waals surface area contributed by atoms with E-state index in [-0.39, 0.29) is 5.91 Å². The quantitative estimate of drug-likeness (QED) is 0.545. The van der Waals surface area contributed by atoms with E-state index in [0.717, 1.165) is 32.6 Å². The molecule has 0 aromatic carbocycles. The molecule has 0 aliphatic carbocycles. The molecule has 130 valence electrons. The average molecular weight is 312 g/mol. The van der Waals surface area contributed by atoms with Crippen molar-refractivity contribution in [2.75, 3.05) is 26.2 Å². The van der Waals surface area contributed by atoms with E-state index in [2.05, 4.69) is 43.2 Å². The van der Waals surface area contributed by atoms with Gasteiger partial charge in [0.25, 0.3) is 0 Å². The van der Waals surface area contributed by atoms with Gasteiger partial charge in [-0.3, -0.25) is 9.69 Å². The van der Waals surface area contributed by atoms with Gasteiger partial charge in [0.15, 0.2) is 0 Å². The minimum atomic E-state index is 0.246. The number of carbonyl (C=O) groups excluding carboxylic acids is 1. The van der Waals surface area contributed by atoms with Crippen LogP contribution in [0.4, 0.5) is 0 Å². The fraction of sp³-hybridized carbons (Fsp3) is 0.944. The fourth-order valence-electron chi connectivity index (χ4n) is 2.96. The molecular weight excluding hydrogens is 274 g/mol. The first-order valence-corrected chi connectivity index (χ1v) is 9.22. The molecule has 2 N–H and O–H groups in total. The Morgan fingerprint density at radius 1 is 1.05 bits per heavy atom. The molecule has 1 aliphatic heterocycles. The van der Waals surface area contributed by atoms with Crippen LogP contribution in [0.5, 0.6) is 0 Å². The highest BCUT2D eigenvalue weighted by Crippen LogP contribution is 2.11. The van der Waals surface area contributed by atoms with Gasteiger partial charge in [-0.1, -0.05) is 47.0 Å². The molecular formula is C18H37N3O. The molecule has 4 heteroatoms. The highest BCUT2D eigenvalue weighted by molar-refractivity contribution is 5.76. The van der Waals surface area contributed by atoms with Crippen LogP contribution in [0, 0.1) is 5.92 Å². The maximum Gasteiger partial charge on any atom is 0.220 e. The van der Waals surface area contributed by atoms with Gasteiger partial charge >= 0.3 is 0 Å². The van der Waals surface area contributed by atoms with Crippen LogP contribution in [0.15, 0.2) is 0 Å². The number of carbonyl (C=O) groups is 1. The average Bonchev–Trinajstić information content (AvgIpc) is 2.38. The van der Waals surface area contributed by atoms with Crippen molar-refractivity contribution < 1.29 is 4.79 Å². The first-order valence-electron chi connectivity index (χ1n) is 9.22. The standard InChI is InChI=1S/C18H37N3O/c1-15(2)12-21-13-17(14-21)20-18(22)10-8-6-5-7-9-11-19-16(3)4/h15-17,19H,5-14H2,1-4H3,(H,20,22). The molecule has 4 nitrogen and oxygen atoms in total. The summed E-state index contributed by atoms with van der Waals surface area (Å²) in [6.07, 6.45) is 6.68. The summed E-state index contributed by atoms with van der Waals surface area (Å²) in [6, 6.07) is 0.986. The van der Waals surface area contributed by atoms with E-state index in [1.165, 1.54) is 25.7 Å². The number of likely N-dealkylation sites (tertiary alicyclic amines) is 1. The van der Waals surface area contributed by atoms with Crippen molar-refractivity contribution in [2.45, 2.75) is 78.3 Å². The number of rotatable bonds is 12. The minimum absolute atomic E-state index is 0.246. The molecule has 1 aliphatic rings. The summed E-state index contributed by atoms with van der Waals surface area (Å²) in [4.78, 5) is 14.3. The summed E-state index contributed by atoms with van der Waals surface area (Å²) in [7, 11) is 0. The zero-order chi connectivity index (χ0) is 16.4. The first-order chi connectivity index (χ1) is 10.5. The Morgan fingerprint density at radius 2 is 1.68 bits per heavy atom. The Hall–Kier alpha value is -0.610. The molecule has 1 amide bonds. The Balaban J connectivity index is 1.86. The molecule has 0 aromatic heterocycles. The van der Waals surface area contributed by atoms with Crippen molar-refractivity contribution in [2.24, 2.45) is 5.92 Å². The molecule has 0 bridgehead atoms. The Kier molecular flexibility index (Phi) is 9.73. The lowest BCUT2D eigenvalue weighted by atomic mass is 10.1. The van der Waals surface area contributed by atoms with Crippen molar-refractivity contribution in [3.8, 4) is 0 Å². The number of hydrogen-bond donors (Lipinski definition) is 2. The molecule has 0 atom stereocenters. The third-order valence-corrected chi connectivity index (χ3v) is 4.08. The lowest BCUT2D eigenvalue weighted by Gasteiger charge is -2.40. The maximum absolute atomic E-state index is 11.8. The normalized spacial score (nSPS) is 16.3. The zero-order valence-corrected chi connectivity index (χ0v) is 15.2. The number of nitrogens with zero attached hydrogens (tertiary/aromatic N) is 1. The van der Waals surface area contributed by atoms with E-state index < -0.39 is 0 Å². The highest BCUT2D eigenvalue weighted by Gasteiger charge is 2.27. The van der Waals surface area contributed by atoms with Crippen LogP contribution in [0.3, 0.4) is 0 Å². The number of unbranched alkanes of at least 4 members (excludes halogenated alkanes) is 4. The number of amides is 1. The summed E-state index contributed by atoms with van der Waals surface area (Å²) in [5, 5.41) is 6.59. The second-order valence-electron chi connectivity index (χ2n) is 7.50. The van der Waals surface area contributed by atoms with Gasteiger partial charge < -0.3 is 10.6 Å². The maximum atomic E-state index is 11.8. The Bertz CT molecular complexity index is 299. The van der Waals surface area contributed by atoms with Crippen molar-refractivity contribution in [1.29, 1.82) is 0 Å². The molecule has 0 spiro atoms. The largest absolute Gasteiger partial charge is 0.351 e. The van der Waals surface area contributed by atoms with Crippen molar-refractivity contribution >= 4 is 5.91 Å². The molecule has 1 fully saturated rings. The van der Waals surface area contributed by atoms with Crippen LogP contribution < -0.4 is 10.6 Å². The SMILES string of the molecule is CC(C)CN1CC(NC(=O)CCCCCCCNC(C)C)C1. The molecule has 0 radical (unpaired) electrons. The van der Waals surface area contributed by atoms with E-state index in [9.17, 15) is 4.79 Å². The molecule has 22 heavy (non-hydrogen) atoms. The van der Waals surface area contributed by atoms with Gasteiger partial charge in [-0.25, -0.2) is 0 Å². The van der Waals surface area contributed by atoms with E-state index in [1.54, 1.807) is 0 Å². The van der Waals surface area contributed by atoms with Crippen molar-refractivity contribution in [3.63, 3.8) is 0 Å². The van der Waals surface area contributed by atoms with Crippen LogP contribution in [-0.4, -0.2) is 49.1 Å². The predicted octanol–water partition coefficient (Wildman–Crippen LogP) is 2.78. The smallest absolute Gasteiger partial charge is 0.220 e. The summed E-state index contributed by atoms with van der Waals surface area (Å²) in [5.74, 6) is 0.961. The molecule has 0 unspecified atom stereocenters. The molecule has 0 aromatic rings. The van der Waals surface area contributed by atoms with Gasteiger partial charge in [-0.2, -0.15) is 0 Å². The summed E-state index contributed by atoms with van der Waals surface area (Å²) < 4.78 is 0. The van der Waals surface area contributed by atoms with Gasteiger partial charge in [-0.15, -0.1) is 0 Å². The second kappa shape index (κ2) is 11.0. The van der Waals surface area contributed by atoms with Gasteiger partial charge in [0.2, 0.25) is 5.91 Å². The number of hydrogen-bond acceptors (Lipinski definition) is 3. The van der Waals surface area contributed by atoms with E-state index in [0.29, 0.717) is 24.4 Å².